The maximum Gasteiger partial charge on any atom is 0.233 e. The second kappa shape index (κ2) is 5.95. The van der Waals surface area contributed by atoms with Crippen LogP contribution in [-0.4, -0.2) is 39.0 Å². The first kappa shape index (κ1) is 14.1. The number of allylic oxidation sites excluding steroid dienone is 2. The van der Waals surface area contributed by atoms with E-state index >= 15 is 0 Å². The van der Waals surface area contributed by atoms with Gasteiger partial charge in [0.25, 0.3) is 0 Å². The van der Waals surface area contributed by atoms with Gasteiger partial charge in [-0.1, -0.05) is 17.3 Å². The smallest absolute Gasteiger partial charge is 0.233 e. The van der Waals surface area contributed by atoms with Crippen molar-refractivity contribution in [3.63, 3.8) is 0 Å². The molecule has 6 nitrogen and oxygen atoms in total. The Morgan fingerprint density at radius 3 is 2.96 bits per heavy atom. The van der Waals surface area contributed by atoms with Gasteiger partial charge in [0.15, 0.2) is 0 Å². The summed E-state index contributed by atoms with van der Waals surface area (Å²) in [7, 11) is 0. The minimum absolute atomic E-state index is 0.148. The van der Waals surface area contributed by atoms with Crippen LogP contribution in [0.5, 0.6) is 0 Å². The summed E-state index contributed by atoms with van der Waals surface area (Å²) in [6.07, 6.45) is 10.5. The summed E-state index contributed by atoms with van der Waals surface area (Å²) >= 11 is 0. The van der Waals surface area contributed by atoms with Gasteiger partial charge in [0.05, 0.1) is 5.92 Å². The molecule has 1 atom stereocenters. The van der Waals surface area contributed by atoms with E-state index in [-0.39, 0.29) is 17.7 Å². The van der Waals surface area contributed by atoms with E-state index in [2.05, 4.69) is 27.3 Å². The molecule has 0 bridgehead atoms. The molecule has 1 amide bonds. The lowest BCUT2D eigenvalue weighted by Crippen LogP contribution is -2.50. The monoisotopic (exact) mass is 310 g/mol. The van der Waals surface area contributed by atoms with Gasteiger partial charge in [-0.3, -0.25) is 9.78 Å². The van der Waals surface area contributed by atoms with Gasteiger partial charge in [0.1, 0.15) is 0 Å². The van der Waals surface area contributed by atoms with Gasteiger partial charge in [-0.2, -0.15) is 4.98 Å². The minimum atomic E-state index is 0.148. The van der Waals surface area contributed by atoms with Gasteiger partial charge < -0.3 is 9.42 Å². The topological polar surface area (TPSA) is 72.1 Å². The van der Waals surface area contributed by atoms with Crippen LogP contribution in [0.1, 0.15) is 31.1 Å². The molecule has 118 valence electrons. The molecule has 1 aliphatic carbocycles. The van der Waals surface area contributed by atoms with Gasteiger partial charge in [0, 0.05) is 37.0 Å². The van der Waals surface area contributed by atoms with E-state index < -0.39 is 0 Å². The Labute approximate surface area is 134 Å². The van der Waals surface area contributed by atoms with E-state index in [9.17, 15) is 4.79 Å². The van der Waals surface area contributed by atoms with Crippen LogP contribution in [0, 0.1) is 5.92 Å². The summed E-state index contributed by atoms with van der Waals surface area (Å²) in [6.45, 7) is 1.35. The van der Waals surface area contributed by atoms with Gasteiger partial charge in [-0.15, -0.1) is 0 Å². The fourth-order valence-electron chi connectivity index (χ4n) is 3.10. The van der Waals surface area contributed by atoms with Gasteiger partial charge >= 0.3 is 0 Å². The number of likely N-dealkylation sites (tertiary alicyclic amines) is 1. The molecule has 0 radical (unpaired) electrons. The van der Waals surface area contributed by atoms with Gasteiger partial charge in [-0.25, -0.2) is 0 Å². The minimum Gasteiger partial charge on any atom is -0.341 e. The molecule has 23 heavy (non-hydrogen) atoms. The first-order valence-corrected chi connectivity index (χ1v) is 7.99. The lowest BCUT2D eigenvalue weighted by atomic mass is 9.90. The van der Waals surface area contributed by atoms with Crippen molar-refractivity contribution in [1.29, 1.82) is 0 Å². The Bertz CT molecular complexity index is 719. The number of amides is 1. The third-order valence-electron chi connectivity index (χ3n) is 4.52. The average molecular weight is 310 g/mol. The maximum absolute atomic E-state index is 12.4. The Morgan fingerprint density at radius 1 is 1.30 bits per heavy atom. The second-order valence-corrected chi connectivity index (χ2v) is 6.12. The number of rotatable bonds is 3. The van der Waals surface area contributed by atoms with Crippen LogP contribution in [0.25, 0.3) is 11.4 Å². The summed E-state index contributed by atoms with van der Waals surface area (Å²) in [5.41, 5.74) is 0.837. The average Bonchev–Trinajstić information content (AvgIpc) is 3.05. The molecule has 0 N–H and O–H groups in total. The van der Waals surface area contributed by atoms with Crippen molar-refractivity contribution in [2.75, 3.05) is 13.1 Å². The van der Waals surface area contributed by atoms with Gasteiger partial charge in [-0.05, 0) is 31.4 Å². The van der Waals surface area contributed by atoms with Crippen LogP contribution in [0.3, 0.4) is 0 Å². The molecule has 0 saturated carbocycles. The zero-order valence-electron chi connectivity index (χ0n) is 12.8. The van der Waals surface area contributed by atoms with Crippen LogP contribution < -0.4 is 0 Å². The first-order chi connectivity index (χ1) is 11.3. The van der Waals surface area contributed by atoms with Crippen molar-refractivity contribution < 1.29 is 9.32 Å². The van der Waals surface area contributed by atoms with Crippen molar-refractivity contribution in [1.82, 2.24) is 20.0 Å². The van der Waals surface area contributed by atoms with Crippen LogP contribution in [0.15, 0.2) is 41.2 Å². The van der Waals surface area contributed by atoms with Crippen LogP contribution in [0.2, 0.25) is 0 Å². The largest absolute Gasteiger partial charge is 0.341 e. The SMILES string of the molecule is O=C(C1CC=CCC1)N1CC(c2nc(-c3cccnc3)no2)C1. The highest BCUT2D eigenvalue weighted by Gasteiger charge is 2.38. The molecule has 3 heterocycles. The number of nitrogens with zero attached hydrogens (tertiary/aromatic N) is 4. The molecule has 1 unspecified atom stereocenters. The molecule has 2 aliphatic rings. The van der Waals surface area contributed by atoms with E-state index in [1.54, 1.807) is 12.4 Å². The molecule has 2 aromatic rings. The van der Waals surface area contributed by atoms with Crippen molar-refractivity contribution in [2.45, 2.75) is 25.2 Å². The highest BCUT2D eigenvalue weighted by Crippen LogP contribution is 2.30. The van der Waals surface area contributed by atoms with E-state index in [4.69, 9.17) is 4.52 Å². The summed E-state index contributed by atoms with van der Waals surface area (Å²) < 4.78 is 5.36. The van der Waals surface area contributed by atoms with E-state index in [0.29, 0.717) is 24.8 Å². The van der Waals surface area contributed by atoms with E-state index in [1.165, 1.54) is 0 Å². The first-order valence-electron chi connectivity index (χ1n) is 7.99. The van der Waals surface area contributed by atoms with Crippen LogP contribution in [0.4, 0.5) is 0 Å². The molecule has 1 aliphatic heterocycles. The third kappa shape index (κ3) is 2.76. The number of aromatic nitrogens is 3. The molecular formula is C17H18N4O2. The number of pyridine rings is 1. The second-order valence-electron chi connectivity index (χ2n) is 6.12. The number of carbonyl (C=O) groups excluding carboxylic acids is 1. The normalized spacial score (nSPS) is 21.2. The predicted molar refractivity (Wildman–Crippen MR) is 83.3 cm³/mol. The summed E-state index contributed by atoms with van der Waals surface area (Å²) in [5, 5.41) is 4.01. The molecule has 6 heteroatoms. The van der Waals surface area contributed by atoms with Crippen molar-refractivity contribution in [2.24, 2.45) is 5.92 Å². The molecule has 0 aromatic carbocycles. The lowest BCUT2D eigenvalue weighted by Gasteiger charge is -2.39. The van der Waals surface area contributed by atoms with E-state index in [1.807, 2.05) is 17.0 Å². The highest BCUT2D eigenvalue weighted by molar-refractivity contribution is 5.80. The van der Waals surface area contributed by atoms with Crippen molar-refractivity contribution in [3.05, 3.63) is 42.6 Å². The quantitative estimate of drug-likeness (QED) is 0.814. The Hall–Kier alpha value is -2.50. The lowest BCUT2D eigenvalue weighted by molar-refractivity contribution is -0.140. The van der Waals surface area contributed by atoms with Crippen LogP contribution in [-0.2, 0) is 4.79 Å². The summed E-state index contributed by atoms with van der Waals surface area (Å²) in [5.74, 6) is 1.72. The Kier molecular flexibility index (Phi) is 3.65. The molecule has 1 fully saturated rings. The molecule has 4 rings (SSSR count). The fourth-order valence-corrected chi connectivity index (χ4v) is 3.10. The van der Waals surface area contributed by atoms with Crippen molar-refractivity contribution in [3.8, 4) is 11.4 Å². The standard InChI is InChI=1S/C17H18N4O2/c22-17(12-5-2-1-3-6-12)21-10-14(11-21)16-19-15(20-23-16)13-7-4-8-18-9-13/h1-2,4,7-9,12,14H,3,5-6,10-11H2. The molecular weight excluding hydrogens is 292 g/mol. The zero-order chi connectivity index (χ0) is 15.6. The number of carbonyl (C=O) groups is 1. The molecule has 2 aromatic heterocycles. The summed E-state index contributed by atoms with van der Waals surface area (Å²) in [4.78, 5) is 22.8. The van der Waals surface area contributed by atoms with Crippen LogP contribution >= 0.6 is 0 Å². The van der Waals surface area contributed by atoms with E-state index in [0.717, 1.165) is 24.8 Å². The Balaban J connectivity index is 1.38. The highest BCUT2D eigenvalue weighted by atomic mass is 16.5. The zero-order valence-corrected chi connectivity index (χ0v) is 12.8. The fraction of sp³-hybridized carbons (Fsp3) is 0.412. The van der Waals surface area contributed by atoms with Gasteiger partial charge in [0.2, 0.25) is 17.6 Å². The number of hydrogen-bond donors (Lipinski definition) is 0. The predicted octanol–water partition coefficient (Wildman–Crippen LogP) is 2.41. The number of hydrogen-bond acceptors (Lipinski definition) is 5. The summed E-state index contributed by atoms with van der Waals surface area (Å²) in [6, 6.07) is 3.74. The van der Waals surface area contributed by atoms with Crippen molar-refractivity contribution >= 4 is 5.91 Å². The maximum atomic E-state index is 12.4. The third-order valence-corrected chi connectivity index (χ3v) is 4.52. The molecule has 1 saturated heterocycles. The molecule has 0 spiro atoms. The Morgan fingerprint density at radius 2 is 2.22 bits per heavy atom.